The van der Waals surface area contributed by atoms with Crippen LogP contribution in [0, 0.1) is 11.3 Å². The van der Waals surface area contributed by atoms with Crippen molar-refractivity contribution in [1.29, 1.82) is 5.26 Å². The largest absolute Gasteiger partial charge is 0.323 e. The van der Waals surface area contributed by atoms with Crippen LogP contribution in [-0.2, 0) is 18.3 Å². The molecular weight excluding hydrogens is 359 g/mol. The molecule has 0 aliphatic heterocycles. The summed E-state index contributed by atoms with van der Waals surface area (Å²) in [5.74, 6) is 0.501. The molecule has 0 fully saturated rings. The molecule has 1 aromatic heterocycles. The number of aromatic nitrogens is 2. The van der Waals surface area contributed by atoms with Crippen LogP contribution in [0.3, 0.4) is 0 Å². The zero-order chi connectivity index (χ0) is 18.1. The van der Waals surface area contributed by atoms with E-state index < -0.39 is 0 Å². The van der Waals surface area contributed by atoms with Gasteiger partial charge in [0.1, 0.15) is 11.9 Å². The highest BCUT2D eigenvalue weighted by atomic mass is 35.5. The van der Waals surface area contributed by atoms with Gasteiger partial charge in [-0.1, -0.05) is 35.3 Å². The second-order valence-electron chi connectivity index (χ2n) is 5.67. The van der Waals surface area contributed by atoms with Gasteiger partial charge in [0.15, 0.2) is 0 Å². The second kappa shape index (κ2) is 6.75. The van der Waals surface area contributed by atoms with E-state index in [0.717, 1.165) is 0 Å². The van der Waals surface area contributed by atoms with Crippen LogP contribution in [0.25, 0.3) is 11.0 Å². The third kappa shape index (κ3) is 3.19. The van der Waals surface area contributed by atoms with Gasteiger partial charge in [-0.2, -0.15) is 5.26 Å². The van der Waals surface area contributed by atoms with Crippen LogP contribution in [0.4, 0.5) is 11.6 Å². The zero-order valence-corrected chi connectivity index (χ0v) is 15.1. The number of carbonyl (C=O) groups is 1. The van der Waals surface area contributed by atoms with E-state index in [1.165, 1.54) is 6.92 Å². The second-order valence-corrected chi connectivity index (χ2v) is 6.49. The number of rotatable bonds is 4. The van der Waals surface area contributed by atoms with Gasteiger partial charge in [0, 0.05) is 13.5 Å². The minimum atomic E-state index is -0.000726. The molecule has 1 heterocycles. The summed E-state index contributed by atoms with van der Waals surface area (Å²) >= 11 is 12.4. The summed E-state index contributed by atoms with van der Waals surface area (Å²) in [5, 5.41) is 13.6. The predicted molar refractivity (Wildman–Crippen MR) is 99.6 cm³/mol. The van der Waals surface area contributed by atoms with E-state index in [2.05, 4.69) is 16.4 Å². The number of benzene rings is 2. The highest BCUT2D eigenvalue weighted by molar-refractivity contribution is 6.39. The van der Waals surface area contributed by atoms with Crippen molar-refractivity contribution in [2.75, 3.05) is 5.32 Å². The standard InChI is InChI=1S/C18H14Cl2N4O/c1-10(25)8-11-6-7-15-17(12(11)9-21)24(2)18(22-15)23-16-13(19)4-3-5-14(16)20/h3-7H,8H2,1-2H3,(H,22,23). The summed E-state index contributed by atoms with van der Waals surface area (Å²) in [7, 11) is 1.79. The van der Waals surface area contributed by atoms with Crippen molar-refractivity contribution in [2.24, 2.45) is 7.05 Å². The first-order chi connectivity index (χ1) is 11.9. The maximum Gasteiger partial charge on any atom is 0.208 e. The number of Topliss-reactive ketones (excluding diaryl/α,β-unsaturated/α-hetero) is 1. The van der Waals surface area contributed by atoms with Crippen LogP contribution >= 0.6 is 23.2 Å². The molecule has 3 rings (SSSR count). The molecule has 5 nitrogen and oxygen atoms in total. The van der Waals surface area contributed by atoms with Gasteiger partial charge in [0.05, 0.1) is 32.3 Å². The van der Waals surface area contributed by atoms with Crippen molar-refractivity contribution in [3.05, 3.63) is 51.5 Å². The number of imidazole rings is 1. The molecule has 0 spiro atoms. The number of hydrogen-bond donors (Lipinski definition) is 1. The highest BCUT2D eigenvalue weighted by Crippen LogP contribution is 2.33. The minimum absolute atomic E-state index is 0.000726. The Labute approximate surface area is 154 Å². The number of para-hydroxylation sites is 1. The van der Waals surface area contributed by atoms with Crippen LogP contribution in [-0.4, -0.2) is 15.3 Å². The molecule has 0 saturated heterocycles. The van der Waals surface area contributed by atoms with E-state index in [4.69, 9.17) is 23.2 Å². The Kier molecular flexibility index (Phi) is 4.67. The molecule has 0 saturated carbocycles. The van der Waals surface area contributed by atoms with Crippen molar-refractivity contribution >= 4 is 51.7 Å². The number of aryl methyl sites for hydroxylation is 1. The molecule has 25 heavy (non-hydrogen) atoms. The van der Waals surface area contributed by atoms with Gasteiger partial charge in [-0.3, -0.25) is 4.79 Å². The Morgan fingerprint density at radius 2 is 1.96 bits per heavy atom. The van der Waals surface area contributed by atoms with E-state index in [1.807, 2.05) is 0 Å². The number of nitrogens with one attached hydrogen (secondary N) is 1. The number of hydrogen-bond acceptors (Lipinski definition) is 4. The number of nitriles is 1. The fourth-order valence-electron chi connectivity index (χ4n) is 2.73. The van der Waals surface area contributed by atoms with E-state index in [9.17, 15) is 10.1 Å². The van der Waals surface area contributed by atoms with E-state index in [0.29, 0.717) is 43.8 Å². The van der Waals surface area contributed by atoms with Crippen LogP contribution in [0.15, 0.2) is 30.3 Å². The predicted octanol–water partition coefficient (Wildman–Crippen LogP) is 4.63. The number of fused-ring (bicyclic) bond motifs is 1. The fraction of sp³-hybridized carbons (Fsp3) is 0.167. The molecule has 126 valence electrons. The van der Waals surface area contributed by atoms with Gasteiger partial charge in [0.25, 0.3) is 0 Å². The molecule has 0 amide bonds. The molecular formula is C18H14Cl2N4O. The van der Waals surface area contributed by atoms with Crippen LogP contribution in [0.2, 0.25) is 10.0 Å². The van der Waals surface area contributed by atoms with Gasteiger partial charge in [-0.05, 0) is 30.7 Å². The lowest BCUT2D eigenvalue weighted by Crippen LogP contribution is -2.03. The van der Waals surface area contributed by atoms with Gasteiger partial charge in [0.2, 0.25) is 5.95 Å². The summed E-state index contributed by atoms with van der Waals surface area (Å²) in [6, 6.07) is 11.0. The molecule has 1 N–H and O–H groups in total. The molecule has 7 heteroatoms. The monoisotopic (exact) mass is 372 g/mol. The average molecular weight is 373 g/mol. The van der Waals surface area contributed by atoms with E-state index in [1.54, 1.807) is 41.9 Å². The summed E-state index contributed by atoms with van der Waals surface area (Å²) in [6.07, 6.45) is 0.211. The third-order valence-electron chi connectivity index (χ3n) is 3.87. The Balaban J connectivity index is 2.15. The van der Waals surface area contributed by atoms with Crippen molar-refractivity contribution in [2.45, 2.75) is 13.3 Å². The summed E-state index contributed by atoms with van der Waals surface area (Å²) < 4.78 is 1.76. The first kappa shape index (κ1) is 17.3. The topological polar surface area (TPSA) is 70.7 Å². The van der Waals surface area contributed by atoms with Crippen LogP contribution in [0.1, 0.15) is 18.1 Å². The third-order valence-corrected chi connectivity index (χ3v) is 4.50. The van der Waals surface area contributed by atoms with Gasteiger partial charge >= 0.3 is 0 Å². The van der Waals surface area contributed by atoms with Gasteiger partial charge < -0.3 is 9.88 Å². The molecule has 0 radical (unpaired) electrons. The molecule has 0 aliphatic rings. The molecule has 0 unspecified atom stereocenters. The first-order valence-electron chi connectivity index (χ1n) is 7.51. The number of carbonyl (C=O) groups excluding carboxylic acids is 1. The SMILES string of the molecule is CC(=O)Cc1ccc2nc(Nc3c(Cl)cccc3Cl)n(C)c2c1C#N. The maximum atomic E-state index is 11.5. The lowest BCUT2D eigenvalue weighted by atomic mass is 10.0. The highest BCUT2D eigenvalue weighted by Gasteiger charge is 2.17. The molecule has 0 aliphatic carbocycles. The molecule has 0 bridgehead atoms. The van der Waals surface area contributed by atoms with Gasteiger partial charge in [-0.15, -0.1) is 0 Å². The Bertz CT molecular complexity index is 1010. The fourth-order valence-corrected chi connectivity index (χ4v) is 3.22. The number of ketones is 1. The maximum absolute atomic E-state index is 11.5. The average Bonchev–Trinajstić information content (AvgIpc) is 2.87. The molecule has 0 atom stereocenters. The lowest BCUT2D eigenvalue weighted by molar-refractivity contribution is -0.116. The lowest BCUT2D eigenvalue weighted by Gasteiger charge is -2.10. The Morgan fingerprint density at radius 1 is 1.28 bits per heavy atom. The van der Waals surface area contributed by atoms with Crippen molar-refractivity contribution in [3.63, 3.8) is 0 Å². The quantitative estimate of drug-likeness (QED) is 0.724. The van der Waals surface area contributed by atoms with E-state index in [-0.39, 0.29) is 12.2 Å². The number of halogens is 2. The minimum Gasteiger partial charge on any atom is -0.323 e. The van der Waals surface area contributed by atoms with Gasteiger partial charge in [-0.25, -0.2) is 4.98 Å². The van der Waals surface area contributed by atoms with Crippen LogP contribution in [0.5, 0.6) is 0 Å². The Hall–Kier alpha value is -2.55. The normalized spacial score (nSPS) is 10.7. The first-order valence-corrected chi connectivity index (χ1v) is 8.27. The summed E-state index contributed by atoms with van der Waals surface area (Å²) in [5.41, 5.74) is 2.99. The summed E-state index contributed by atoms with van der Waals surface area (Å²) in [6.45, 7) is 1.50. The summed E-state index contributed by atoms with van der Waals surface area (Å²) in [4.78, 5) is 16.0. The Morgan fingerprint density at radius 3 is 2.56 bits per heavy atom. The zero-order valence-electron chi connectivity index (χ0n) is 13.6. The molecule has 3 aromatic rings. The van der Waals surface area contributed by atoms with Crippen molar-refractivity contribution in [3.8, 4) is 6.07 Å². The number of anilines is 2. The smallest absolute Gasteiger partial charge is 0.208 e. The van der Waals surface area contributed by atoms with Crippen LogP contribution < -0.4 is 5.32 Å². The van der Waals surface area contributed by atoms with Crippen molar-refractivity contribution in [1.82, 2.24) is 9.55 Å². The van der Waals surface area contributed by atoms with E-state index >= 15 is 0 Å². The molecule has 2 aromatic carbocycles. The number of nitrogens with zero attached hydrogens (tertiary/aromatic N) is 3. The van der Waals surface area contributed by atoms with Crippen molar-refractivity contribution < 1.29 is 4.79 Å².